The highest BCUT2D eigenvalue weighted by Crippen LogP contribution is 2.06. The molecule has 0 saturated heterocycles. The van der Waals surface area contributed by atoms with Gasteiger partial charge in [0.1, 0.15) is 12.4 Å². The Labute approximate surface area is 137 Å². The Balaban J connectivity index is 0.000000505. The molecule has 1 aromatic carbocycles. The third-order valence-electron chi connectivity index (χ3n) is 2.68. The van der Waals surface area contributed by atoms with Crippen molar-refractivity contribution in [1.82, 2.24) is 14.9 Å². The molecule has 0 unspecified atom stereocenters. The molecule has 2 rings (SSSR count). The third-order valence-corrected chi connectivity index (χ3v) is 2.68. The molecule has 0 aliphatic carbocycles. The number of nitrogens with two attached hydrogens (primary N) is 1. The highest BCUT2D eigenvalue weighted by Gasteiger charge is 2.16. The van der Waals surface area contributed by atoms with Gasteiger partial charge in [-0.2, -0.15) is 0 Å². The highest BCUT2D eigenvalue weighted by molar-refractivity contribution is 5.75. The van der Waals surface area contributed by atoms with Gasteiger partial charge >= 0.3 is 11.9 Å². The molecular formula is C14H17N5O5. The Morgan fingerprint density at radius 3 is 2.50 bits per heavy atom. The Morgan fingerprint density at radius 2 is 1.96 bits per heavy atom. The summed E-state index contributed by atoms with van der Waals surface area (Å²) >= 11 is 0. The summed E-state index contributed by atoms with van der Waals surface area (Å²) < 4.78 is 1.19. The molecule has 0 spiro atoms. The number of hydrogen-bond donors (Lipinski definition) is 3. The molecule has 1 heterocycles. The molecule has 0 aliphatic rings. The third kappa shape index (κ3) is 6.66. The summed E-state index contributed by atoms with van der Waals surface area (Å²) in [4.78, 5) is 34.5. The van der Waals surface area contributed by atoms with Crippen LogP contribution < -0.4 is 11.1 Å². The molecule has 10 heteroatoms. The second-order valence-corrected chi connectivity index (χ2v) is 4.47. The molecular weight excluding hydrogens is 318 g/mol. The number of carboxylic acid groups (broad SMARTS) is 1. The van der Waals surface area contributed by atoms with E-state index in [0.717, 1.165) is 5.56 Å². The number of benzene rings is 1. The van der Waals surface area contributed by atoms with Gasteiger partial charge in [0.25, 0.3) is 5.91 Å². The molecule has 0 radical (unpaired) electrons. The van der Waals surface area contributed by atoms with Gasteiger partial charge in [-0.1, -0.05) is 35.3 Å². The van der Waals surface area contributed by atoms with E-state index in [4.69, 9.17) is 5.11 Å². The van der Waals surface area contributed by atoms with Crippen LogP contribution in [0.2, 0.25) is 0 Å². The van der Waals surface area contributed by atoms with Crippen LogP contribution in [0.5, 0.6) is 0 Å². The largest absolute Gasteiger partial charge is 0.480 e. The topological polar surface area (TPSA) is 153 Å². The van der Waals surface area contributed by atoms with Crippen LogP contribution in [0.1, 0.15) is 5.56 Å². The monoisotopic (exact) mass is 335 g/mol. The summed E-state index contributed by atoms with van der Waals surface area (Å²) in [5.41, 5.74) is 5.54. The lowest BCUT2D eigenvalue weighted by atomic mass is 10.2. The summed E-state index contributed by atoms with van der Waals surface area (Å²) in [7, 11) is 0. The number of carboxylic acids is 1. The number of aromatic nitrogens is 2. The minimum absolute atomic E-state index is 0.122. The van der Waals surface area contributed by atoms with Crippen molar-refractivity contribution in [1.29, 1.82) is 0 Å². The minimum Gasteiger partial charge on any atom is -0.480 e. The highest BCUT2D eigenvalue weighted by atomic mass is 16.6. The number of nitrogens with one attached hydrogen (secondary N) is 1. The SMILES string of the molecule is NCC(=O)O.O=C(Cn1ccnc1[N+](=O)[O-])NCc1ccccc1. The van der Waals surface area contributed by atoms with Crippen molar-refractivity contribution in [3.8, 4) is 0 Å². The van der Waals surface area contributed by atoms with E-state index < -0.39 is 10.9 Å². The molecule has 10 nitrogen and oxygen atoms in total. The van der Waals surface area contributed by atoms with Crippen molar-refractivity contribution < 1.29 is 19.6 Å². The molecule has 0 fully saturated rings. The number of carbonyl (C=O) groups is 2. The van der Waals surface area contributed by atoms with E-state index in [-0.39, 0.29) is 24.9 Å². The predicted octanol–water partition coefficient (Wildman–Crippen LogP) is 0.137. The number of imidazole rings is 1. The molecule has 0 aliphatic heterocycles. The Morgan fingerprint density at radius 1 is 1.33 bits per heavy atom. The second-order valence-electron chi connectivity index (χ2n) is 4.47. The van der Waals surface area contributed by atoms with E-state index in [9.17, 15) is 19.7 Å². The Bertz CT molecular complexity index is 686. The van der Waals surface area contributed by atoms with Crippen LogP contribution in [-0.2, 0) is 22.7 Å². The van der Waals surface area contributed by atoms with Crippen LogP contribution in [0.4, 0.5) is 5.95 Å². The van der Waals surface area contributed by atoms with Crippen LogP contribution in [0.3, 0.4) is 0 Å². The fourth-order valence-electron chi connectivity index (χ4n) is 1.60. The summed E-state index contributed by atoms with van der Waals surface area (Å²) in [5.74, 6) is -1.61. The molecule has 1 aromatic heterocycles. The average molecular weight is 335 g/mol. The van der Waals surface area contributed by atoms with Gasteiger partial charge in [0.2, 0.25) is 0 Å². The van der Waals surface area contributed by atoms with Gasteiger partial charge in [0, 0.05) is 6.54 Å². The van der Waals surface area contributed by atoms with Gasteiger partial charge in [-0.3, -0.25) is 9.59 Å². The molecule has 128 valence electrons. The number of rotatable bonds is 6. The normalized spacial score (nSPS) is 9.54. The van der Waals surface area contributed by atoms with Gasteiger partial charge < -0.3 is 26.3 Å². The zero-order valence-electron chi connectivity index (χ0n) is 12.7. The number of nitro groups is 1. The minimum atomic E-state index is -0.968. The van der Waals surface area contributed by atoms with E-state index >= 15 is 0 Å². The van der Waals surface area contributed by atoms with Gasteiger partial charge in [-0.15, -0.1) is 0 Å². The number of hydrogen-bond acceptors (Lipinski definition) is 6. The molecule has 4 N–H and O–H groups in total. The maximum atomic E-state index is 11.7. The average Bonchev–Trinajstić information content (AvgIpc) is 3.03. The fourth-order valence-corrected chi connectivity index (χ4v) is 1.60. The first kappa shape index (κ1) is 18.8. The first-order valence-corrected chi connectivity index (χ1v) is 6.82. The fraction of sp³-hybridized carbons (Fsp3) is 0.214. The summed E-state index contributed by atoms with van der Waals surface area (Å²) in [5, 5.41) is 20.9. The molecule has 0 bridgehead atoms. The van der Waals surface area contributed by atoms with Gasteiger partial charge in [-0.05, 0) is 10.5 Å². The summed E-state index contributed by atoms with van der Waals surface area (Å²) in [6.45, 7) is -0.00862. The van der Waals surface area contributed by atoms with E-state index in [1.54, 1.807) is 0 Å². The van der Waals surface area contributed by atoms with Crippen molar-refractivity contribution in [3.05, 3.63) is 58.4 Å². The lowest BCUT2D eigenvalue weighted by molar-refractivity contribution is -0.396. The first-order chi connectivity index (χ1) is 11.4. The van der Waals surface area contributed by atoms with Crippen molar-refractivity contribution in [2.24, 2.45) is 5.73 Å². The molecule has 0 atom stereocenters. The van der Waals surface area contributed by atoms with Crippen molar-refractivity contribution in [3.63, 3.8) is 0 Å². The van der Waals surface area contributed by atoms with Crippen LogP contribution >= 0.6 is 0 Å². The second kappa shape index (κ2) is 9.69. The zero-order chi connectivity index (χ0) is 17.9. The van der Waals surface area contributed by atoms with Crippen LogP contribution in [-0.4, -0.2) is 38.0 Å². The zero-order valence-corrected chi connectivity index (χ0v) is 12.7. The van der Waals surface area contributed by atoms with Crippen LogP contribution in [0, 0.1) is 10.1 Å². The van der Waals surface area contributed by atoms with Gasteiger partial charge in [0.15, 0.2) is 6.54 Å². The Kier molecular flexibility index (Phi) is 7.58. The van der Waals surface area contributed by atoms with Crippen molar-refractivity contribution in [2.45, 2.75) is 13.1 Å². The van der Waals surface area contributed by atoms with Crippen LogP contribution in [0.25, 0.3) is 0 Å². The Hall–Kier alpha value is -3.27. The number of nitrogens with zero attached hydrogens (tertiary/aromatic N) is 3. The molecule has 0 saturated carbocycles. The lowest BCUT2D eigenvalue weighted by Gasteiger charge is -2.05. The van der Waals surface area contributed by atoms with Crippen molar-refractivity contribution in [2.75, 3.05) is 6.54 Å². The van der Waals surface area contributed by atoms with Crippen LogP contribution in [0.15, 0.2) is 42.7 Å². The summed E-state index contributed by atoms with van der Waals surface area (Å²) in [6.07, 6.45) is 2.70. The lowest BCUT2D eigenvalue weighted by Crippen LogP contribution is -2.27. The summed E-state index contributed by atoms with van der Waals surface area (Å²) in [6, 6.07) is 9.42. The predicted molar refractivity (Wildman–Crippen MR) is 83.9 cm³/mol. The smallest absolute Gasteiger partial charge is 0.435 e. The van der Waals surface area contributed by atoms with Crippen molar-refractivity contribution >= 4 is 17.8 Å². The molecule has 1 amide bonds. The van der Waals surface area contributed by atoms with Gasteiger partial charge in [0.05, 0.1) is 6.54 Å². The number of aliphatic carboxylic acids is 1. The maximum absolute atomic E-state index is 11.7. The number of carbonyl (C=O) groups excluding carboxylic acids is 1. The van der Waals surface area contributed by atoms with E-state index in [1.165, 1.54) is 17.0 Å². The molecule has 2 aromatic rings. The quantitative estimate of drug-likeness (QED) is 0.501. The first-order valence-electron chi connectivity index (χ1n) is 6.82. The van der Waals surface area contributed by atoms with Gasteiger partial charge in [-0.25, -0.2) is 4.57 Å². The van der Waals surface area contributed by atoms with E-state index in [1.807, 2.05) is 30.3 Å². The number of amides is 1. The van der Waals surface area contributed by atoms with E-state index in [2.05, 4.69) is 16.0 Å². The standard InChI is InChI=1S/C12H12N4O3.C2H5NO2/c17-11(14-8-10-4-2-1-3-5-10)9-15-7-6-13-12(15)16(18)19;3-1-2(4)5/h1-7H,8-9H2,(H,14,17);1,3H2,(H,4,5). The maximum Gasteiger partial charge on any atom is 0.435 e. The molecule has 24 heavy (non-hydrogen) atoms. The van der Waals surface area contributed by atoms with E-state index in [0.29, 0.717) is 6.54 Å².